The van der Waals surface area contributed by atoms with Crippen molar-refractivity contribution in [1.29, 1.82) is 0 Å². The van der Waals surface area contributed by atoms with Crippen LogP contribution in [-0.2, 0) is 4.79 Å². The topological polar surface area (TPSA) is 32.3 Å². The zero-order valence-electron chi connectivity index (χ0n) is 11.5. The second kappa shape index (κ2) is 8.51. The number of unbranched alkanes of at least 4 members (excludes halogenated alkanes) is 1. The molecule has 3 nitrogen and oxygen atoms in total. The summed E-state index contributed by atoms with van der Waals surface area (Å²) in [6, 6.07) is 0. The lowest BCUT2D eigenvalue weighted by Crippen LogP contribution is -2.31. The predicted molar refractivity (Wildman–Crippen MR) is 72.0 cm³/mol. The van der Waals surface area contributed by atoms with E-state index in [1.165, 1.54) is 38.9 Å². The Balaban J connectivity index is 1.97. The number of hydrogen-bond acceptors (Lipinski definition) is 2. The first kappa shape index (κ1) is 14.5. The Bertz CT molecular complexity index is 208. The van der Waals surface area contributed by atoms with Gasteiger partial charge >= 0.3 is 0 Å². The summed E-state index contributed by atoms with van der Waals surface area (Å²) in [5.74, 6) is 0.463. The Hall–Kier alpha value is -0.570. The van der Waals surface area contributed by atoms with Gasteiger partial charge in [0.05, 0.1) is 0 Å². The molecule has 0 atom stereocenters. The Labute approximate surface area is 106 Å². The zero-order valence-corrected chi connectivity index (χ0v) is 11.5. The van der Waals surface area contributed by atoms with Crippen LogP contribution in [0.2, 0.25) is 0 Å². The SMILES string of the molecule is CCC(CC)C(=O)NCCCCN1CCCC1. The van der Waals surface area contributed by atoms with Crippen LogP contribution in [-0.4, -0.2) is 37.0 Å². The molecular weight excluding hydrogens is 212 g/mol. The first-order chi connectivity index (χ1) is 8.27. The molecule has 1 N–H and O–H groups in total. The van der Waals surface area contributed by atoms with Crippen LogP contribution in [0.1, 0.15) is 52.4 Å². The summed E-state index contributed by atoms with van der Waals surface area (Å²) in [7, 11) is 0. The molecular formula is C14H28N2O. The zero-order chi connectivity index (χ0) is 12.5. The molecule has 1 fully saturated rings. The van der Waals surface area contributed by atoms with E-state index in [2.05, 4.69) is 24.1 Å². The fourth-order valence-corrected chi connectivity index (χ4v) is 2.48. The first-order valence-electron chi connectivity index (χ1n) is 7.28. The first-order valence-corrected chi connectivity index (χ1v) is 7.28. The molecule has 1 rings (SSSR count). The van der Waals surface area contributed by atoms with Crippen molar-refractivity contribution in [1.82, 2.24) is 10.2 Å². The molecule has 0 aliphatic carbocycles. The van der Waals surface area contributed by atoms with Gasteiger partial charge in [-0.05, 0) is 58.2 Å². The van der Waals surface area contributed by atoms with Gasteiger partial charge < -0.3 is 10.2 Å². The lowest BCUT2D eigenvalue weighted by Gasteiger charge is -2.15. The molecule has 1 heterocycles. The van der Waals surface area contributed by atoms with Crippen LogP contribution in [0, 0.1) is 5.92 Å². The van der Waals surface area contributed by atoms with Crippen molar-refractivity contribution in [2.45, 2.75) is 52.4 Å². The minimum absolute atomic E-state index is 0.216. The number of amides is 1. The van der Waals surface area contributed by atoms with E-state index in [0.29, 0.717) is 0 Å². The highest BCUT2D eigenvalue weighted by Crippen LogP contribution is 2.09. The molecule has 1 aliphatic heterocycles. The van der Waals surface area contributed by atoms with E-state index in [0.717, 1.165) is 25.8 Å². The maximum Gasteiger partial charge on any atom is 0.223 e. The van der Waals surface area contributed by atoms with Gasteiger partial charge in [-0.1, -0.05) is 13.8 Å². The second-order valence-corrected chi connectivity index (χ2v) is 5.06. The van der Waals surface area contributed by atoms with Crippen molar-refractivity contribution in [3.05, 3.63) is 0 Å². The van der Waals surface area contributed by atoms with Crippen LogP contribution in [0.25, 0.3) is 0 Å². The van der Waals surface area contributed by atoms with Crippen LogP contribution in [0.3, 0.4) is 0 Å². The maximum atomic E-state index is 11.7. The number of nitrogens with zero attached hydrogens (tertiary/aromatic N) is 1. The monoisotopic (exact) mass is 240 g/mol. The molecule has 0 aromatic rings. The average Bonchev–Trinajstić information content (AvgIpc) is 2.83. The summed E-state index contributed by atoms with van der Waals surface area (Å²) in [5, 5.41) is 3.05. The Morgan fingerprint density at radius 2 is 1.82 bits per heavy atom. The molecule has 1 amide bonds. The van der Waals surface area contributed by atoms with Crippen molar-refractivity contribution in [3.63, 3.8) is 0 Å². The molecule has 0 aromatic carbocycles. The highest BCUT2D eigenvalue weighted by atomic mass is 16.1. The van der Waals surface area contributed by atoms with Crippen LogP contribution in [0.15, 0.2) is 0 Å². The molecule has 0 aromatic heterocycles. The van der Waals surface area contributed by atoms with Crippen LogP contribution in [0.4, 0.5) is 0 Å². The molecule has 0 unspecified atom stereocenters. The fraction of sp³-hybridized carbons (Fsp3) is 0.929. The minimum Gasteiger partial charge on any atom is -0.356 e. The third-order valence-corrected chi connectivity index (χ3v) is 3.76. The normalized spacial score (nSPS) is 16.6. The summed E-state index contributed by atoms with van der Waals surface area (Å²) in [6.45, 7) is 8.78. The summed E-state index contributed by atoms with van der Waals surface area (Å²) in [4.78, 5) is 14.2. The number of rotatable bonds is 8. The molecule has 0 spiro atoms. The van der Waals surface area contributed by atoms with Crippen molar-refractivity contribution in [2.24, 2.45) is 5.92 Å². The Morgan fingerprint density at radius 1 is 1.18 bits per heavy atom. The highest BCUT2D eigenvalue weighted by Gasteiger charge is 2.13. The smallest absolute Gasteiger partial charge is 0.223 e. The van der Waals surface area contributed by atoms with Gasteiger partial charge in [0, 0.05) is 12.5 Å². The molecule has 0 saturated carbocycles. The van der Waals surface area contributed by atoms with Gasteiger partial charge in [0.1, 0.15) is 0 Å². The number of hydrogen-bond donors (Lipinski definition) is 1. The van der Waals surface area contributed by atoms with Gasteiger partial charge in [-0.25, -0.2) is 0 Å². The Morgan fingerprint density at radius 3 is 2.41 bits per heavy atom. The average molecular weight is 240 g/mol. The minimum atomic E-state index is 0.216. The van der Waals surface area contributed by atoms with E-state index in [1.807, 2.05) is 0 Å². The van der Waals surface area contributed by atoms with Crippen molar-refractivity contribution in [2.75, 3.05) is 26.2 Å². The molecule has 1 aliphatic rings. The maximum absolute atomic E-state index is 11.7. The van der Waals surface area contributed by atoms with Gasteiger partial charge in [-0.2, -0.15) is 0 Å². The number of carbonyl (C=O) groups excluding carboxylic acids is 1. The highest BCUT2D eigenvalue weighted by molar-refractivity contribution is 5.78. The number of likely N-dealkylation sites (tertiary alicyclic amines) is 1. The molecule has 3 heteroatoms. The third-order valence-electron chi connectivity index (χ3n) is 3.76. The lowest BCUT2D eigenvalue weighted by atomic mass is 10.0. The van der Waals surface area contributed by atoms with E-state index in [9.17, 15) is 4.79 Å². The van der Waals surface area contributed by atoms with Crippen molar-refractivity contribution in [3.8, 4) is 0 Å². The Kier molecular flexibility index (Phi) is 7.25. The van der Waals surface area contributed by atoms with Crippen LogP contribution in [0.5, 0.6) is 0 Å². The third kappa shape index (κ3) is 5.53. The molecule has 1 saturated heterocycles. The van der Waals surface area contributed by atoms with E-state index in [1.54, 1.807) is 0 Å². The number of carbonyl (C=O) groups is 1. The van der Waals surface area contributed by atoms with E-state index in [4.69, 9.17) is 0 Å². The van der Waals surface area contributed by atoms with Gasteiger partial charge in [-0.15, -0.1) is 0 Å². The summed E-state index contributed by atoms with van der Waals surface area (Å²) in [6.07, 6.45) is 6.97. The molecule has 17 heavy (non-hydrogen) atoms. The van der Waals surface area contributed by atoms with Crippen LogP contribution >= 0.6 is 0 Å². The number of nitrogens with one attached hydrogen (secondary N) is 1. The predicted octanol–water partition coefficient (Wildman–Crippen LogP) is 2.41. The largest absolute Gasteiger partial charge is 0.356 e. The lowest BCUT2D eigenvalue weighted by molar-refractivity contribution is -0.125. The molecule has 100 valence electrons. The van der Waals surface area contributed by atoms with E-state index < -0.39 is 0 Å². The van der Waals surface area contributed by atoms with Gasteiger partial charge in [0.15, 0.2) is 0 Å². The van der Waals surface area contributed by atoms with E-state index in [-0.39, 0.29) is 11.8 Å². The van der Waals surface area contributed by atoms with Crippen molar-refractivity contribution < 1.29 is 4.79 Å². The standard InChI is InChI=1S/C14H28N2O/c1-3-13(4-2)14(17)15-9-5-6-10-16-11-7-8-12-16/h13H,3-12H2,1-2H3,(H,15,17). The second-order valence-electron chi connectivity index (χ2n) is 5.06. The summed E-state index contributed by atoms with van der Waals surface area (Å²) in [5.41, 5.74) is 0. The molecule has 0 radical (unpaired) electrons. The summed E-state index contributed by atoms with van der Waals surface area (Å²) < 4.78 is 0. The summed E-state index contributed by atoms with van der Waals surface area (Å²) >= 11 is 0. The fourth-order valence-electron chi connectivity index (χ4n) is 2.48. The van der Waals surface area contributed by atoms with Gasteiger partial charge in [0.25, 0.3) is 0 Å². The molecule has 0 bridgehead atoms. The van der Waals surface area contributed by atoms with Crippen molar-refractivity contribution >= 4 is 5.91 Å². The van der Waals surface area contributed by atoms with Gasteiger partial charge in [-0.3, -0.25) is 4.79 Å². The quantitative estimate of drug-likeness (QED) is 0.661. The van der Waals surface area contributed by atoms with E-state index >= 15 is 0 Å². The van der Waals surface area contributed by atoms with Gasteiger partial charge in [0.2, 0.25) is 5.91 Å². The van der Waals surface area contributed by atoms with Crippen LogP contribution < -0.4 is 5.32 Å².